The molecule has 2 heterocycles. The fraction of sp³-hybridized carbons (Fsp3) is 0.522. The molecule has 1 aromatic carbocycles. The van der Waals surface area contributed by atoms with Crippen molar-refractivity contribution in [1.82, 2.24) is 14.5 Å². The maximum atomic E-state index is 12.7. The molecule has 29 heavy (non-hydrogen) atoms. The largest absolute Gasteiger partial charge is 0.501 e. The molecule has 2 unspecified atom stereocenters. The molecule has 6 heteroatoms. The first-order valence-corrected chi connectivity index (χ1v) is 10.4. The van der Waals surface area contributed by atoms with Crippen LogP contribution in [-0.4, -0.2) is 39.1 Å². The van der Waals surface area contributed by atoms with Gasteiger partial charge >= 0.3 is 5.56 Å². The van der Waals surface area contributed by atoms with Gasteiger partial charge in [-0.05, 0) is 38.2 Å². The Morgan fingerprint density at radius 2 is 1.86 bits per heavy atom. The average Bonchev–Trinajstić information content (AvgIpc) is 3.02. The number of hydrogen-bond donors (Lipinski definition) is 1. The van der Waals surface area contributed by atoms with E-state index in [0.29, 0.717) is 31.3 Å². The number of aryl methyl sites for hydroxylation is 2. The zero-order valence-corrected chi connectivity index (χ0v) is 17.7. The third-order valence-electron chi connectivity index (χ3n) is 6.92. The van der Waals surface area contributed by atoms with Gasteiger partial charge in [-0.25, -0.2) is 0 Å². The summed E-state index contributed by atoms with van der Waals surface area (Å²) >= 11 is 0. The smallest absolute Gasteiger partial charge is 0.315 e. The summed E-state index contributed by atoms with van der Waals surface area (Å²) in [6.45, 7) is 7.58. The summed E-state index contributed by atoms with van der Waals surface area (Å²) in [5, 5.41) is 10.3. The van der Waals surface area contributed by atoms with Crippen molar-refractivity contribution in [3.05, 3.63) is 56.8 Å². The van der Waals surface area contributed by atoms with Crippen molar-refractivity contribution in [2.24, 2.45) is 5.92 Å². The second-order valence-electron chi connectivity index (χ2n) is 8.91. The lowest BCUT2D eigenvalue weighted by molar-refractivity contribution is 0.0737. The zero-order chi connectivity index (χ0) is 20.9. The van der Waals surface area contributed by atoms with E-state index in [0.717, 1.165) is 19.3 Å². The monoisotopic (exact) mass is 395 g/mol. The summed E-state index contributed by atoms with van der Waals surface area (Å²) in [5.41, 5.74) is 2.99. The summed E-state index contributed by atoms with van der Waals surface area (Å²) in [7, 11) is 1.69. The van der Waals surface area contributed by atoms with Gasteiger partial charge in [-0.3, -0.25) is 9.59 Å². The predicted molar refractivity (Wildman–Crippen MR) is 111 cm³/mol. The molecule has 0 spiro atoms. The zero-order valence-electron chi connectivity index (χ0n) is 17.7. The number of benzene rings is 1. The Bertz CT molecular complexity index is 1020. The lowest BCUT2D eigenvalue weighted by atomic mass is 9.69. The average molecular weight is 396 g/mol. The molecular formula is C23H29N3O3. The molecule has 1 saturated carbocycles. The van der Waals surface area contributed by atoms with Crippen molar-refractivity contribution in [2.45, 2.75) is 58.4 Å². The lowest BCUT2D eigenvalue weighted by Crippen LogP contribution is -2.42. The van der Waals surface area contributed by atoms with Crippen molar-refractivity contribution < 1.29 is 9.90 Å². The summed E-state index contributed by atoms with van der Waals surface area (Å²) in [4.78, 5) is 30.9. The predicted octanol–water partition coefficient (Wildman–Crippen LogP) is 2.95. The number of likely N-dealkylation sites (N-methyl/N-ethyl adjacent to an activating group) is 1. The molecule has 1 aliphatic heterocycles. The number of hydrogen-bond acceptors (Lipinski definition) is 4. The molecule has 2 aliphatic rings. The van der Waals surface area contributed by atoms with Crippen molar-refractivity contribution >= 4 is 5.91 Å². The van der Waals surface area contributed by atoms with E-state index in [2.05, 4.69) is 44.0 Å². The molecule has 154 valence electrons. The van der Waals surface area contributed by atoms with Gasteiger partial charge < -0.3 is 14.6 Å². The minimum Gasteiger partial charge on any atom is -0.501 e. The standard InChI is InChI=1S/C23H29N3O3/c1-14-10-15(2)12-17(11-14)23(7-5-6-16(23)3)13-18-24-21(28)20(27)19-22(29)25(4)8-9-26(18)19/h10-12,16,27H,5-9,13H2,1-4H3. The van der Waals surface area contributed by atoms with Gasteiger partial charge in [0, 0.05) is 32.0 Å². The summed E-state index contributed by atoms with van der Waals surface area (Å²) in [5.74, 6) is 0.185. The van der Waals surface area contributed by atoms with Crippen molar-refractivity contribution in [3.8, 4) is 5.75 Å². The highest BCUT2D eigenvalue weighted by Crippen LogP contribution is 2.48. The van der Waals surface area contributed by atoms with Crippen LogP contribution in [-0.2, 0) is 18.4 Å². The Labute approximate surface area is 171 Å². The second kappa shape index (κ2) is 7.01. The molecule has 2 atom stereocenters. The van der Waals surface area contributed by atoms with Crippen molar-refractivity contribution in [2.75, 3.05) is 13.6 Å². The van der Waals surface area contributed by atoms with Crippen LogP contribution in [0.5, 0.6) is 5.75 Å². The van der Waals surface area contributed by atoms with Gasteiger partial charge in [-0.15, -0.1) is 0 Å². The van der Waals surface area contributed by atoms with Gasteiger partial charge in [0.25, 0.3) is 5.91 Å². The van der Waals surface area contributed by atoms with Crippen LogP contribution in [0.15, 0.2) is 23.0 Å². The molecule has 0 bridgehead atoms. The Hall–Kier alpha value is -2.63. The van der Waals surface area contributed by atoms with Crippen LogP contribution in [0.1, 0.15) is 59.2 Å². The van der Waals surface area contributed by atoms with E-state index < -0.39 is 11.3 Å². The SMILES string of the molecule is Cc1cc(C)cc(C2(Cc3nc(=O)c(O)c4n3CCN(C)C4=O)CCCC2C)c1. The van der Waals surface area contributed by atoms with E-state index in [4.69, 9.17) is 0 Å². The molecule has 1 N–H and O–H groups in total. The van der Waals surface area contributed by atoms with Gasteiger partial charge in [0.1, 0.15) is 5.82 Å². The van der Waals surface area contributed by atoms with Crippen LogP contribution in [0.2, 0.25) is 0 Å². The van der Waals surface area contributed by atoms with Gasteiger partial charge in [0.2, 0.25) is 5.75 Å². The van der Waals surface area contributed by atoms with Gasteiger partial charge in [0.15, 0.2) is 5.69 Å². The molecule has 4 rings (SSSR count). The maximum Gasteiger partial charge on any atom is 0.315 e. The molecule has 1 aromatic heterocycles. The fourth-order valence-corrected chi connectivity index (χ4v) is 5.30. The normalized spacial score (nSPS) is 24.1. The lowest BCUT2D eigenvalue weighted by Gasteiger charge is -2.37. The number of carbonyl (C=O) groups excluding carboxylic acids is 1. The number of amides is 1. The van der Waals surface area contributed by atoms with Crippen molar-refractivity contribution in [1.29, 1.82) is 0 Å². The highest BCUT2D eigenvalue weighted by molar-refractivity contribution is 5.95. The summed E-state index contributed by atoms with van der Waals surface area (Å²) < 4.78 is 1.77. The van der Waals surface area contributed by atoms with E-state index in [1.54, 1.807) is 11.6 Å². The number of carbonyl (C=O) groups is 1. The van der Waals surface area contributed by atoms with E-state index >= 15 is 0 Å². The van der Waals surface area contributed by atoms with Crippen molar-refractivity contribution in [3.63, 3.8) is 0 Å². The molecule has 0 saturated heterocycles. The third kappa shape index (κ3) is 3.15. The van der Waals surface area contributed by atoms with Crippen LogP contribution < -0.4 is 5.56 Å². The number of aromatic hydroxyl groups is 1. The molecule has 1 fully saturated rings. The molecule has 6 nitrogen and oxygen atoms in total. The fourth-order valence-electron chi connectivity index (χ4n) is 5.30. The van der Waals surface area contributed by atoms with E-state index in [9.17, 15) is 14.7 Å². The number of aromatic nitrogens is 2. The molecular weight excluding hydrogens is 366 g/mol. The van der Waals surface area contributed by atoms with Crippen LogP contribution in [0.4, 0.5) is 0 Å². The number of rotatable bonds is 3. The second-order valence-corrected chi connectivity index (χ2v) is 8.91. The van der Waals surface area contributed by atoms with Crippen LogP contribution >= 0.6 is 0 Å². The first-order chi connectivity index (χ1) is 13.7. The summed E-state index contributed by atoms with van der Waals surface area (Å²) in [6, 6.07) is 6.68. The Kier molecular flexibility index (Phi) is 4.75. The van der Waals surface area contributed by atoms with E-state index in [1.807, 2.05) is 0 Å². The first kappa shape index (κ1) is 19.7. The Morgan fingerprint density at radius 3 is 2.48 bits per heavy atom. The molecule has 1 amide bonds. The Morgan fingerprint density at radius 1 is 1.17 bits per heavy atom. The number of nitrogens with zero attached hydrogens (tertiary/aromatic N) is 3. The summed E-state index contributed by atoms with van der Waals surface area (Å²) in [6.07, 6.45) is 3.88. The van der Waals surface area contributed by atoms with Crippen LogP contribution in [0, 0.1) is 19.8 Å². The minimum absolute atomic E-state index is 0.0787. The highest BCUT2D eigenvalue weighted by atomic mass is 16.3. The van der Waals surface area contributed by atoms with E-state index in [1.165, 1.54) is 21.6 Å². The Balaban J connectivity index is 1.88. The van der Waals surface area contributed by atoms with Gasteiger partial charge in [-0.1, -0.05) is 42.7 Å². The molecule has 0 radical (unpaired) electrons. The highest BCUT2D eigenvalue weighted by Gasteiger charge is 2.43. The molecule has 2 aromatic rings. The van der Waals surface area contributed by atoms with Gasteiger partial charge in [-0.2, -0.15) is 4.98 Å². The minimum atomic E-state index is -0.712. The van der Waals surface area contributed by atoms with Gasteiger partial charge in [0.05, 0.1) is 0 Å². The van der Waals surface area contributed by atoms with Crippen LogP contribution in [0.3, 0.4) is 0 Å². The topological polar surface area (TPSA) is 75.4 Å². The third-order valence-corrected chi connectivity index (χ3v) is 6.92. The number of fused-ring (bicyclic) bond motifs is 1. The maximum absolute atomic E-state index is 12.7. The quantitative estimate of drug-likeness (QED) is 0.867. The molecule has 1 aliphatic carbocycles. The first-order valence-electron chi connectivity index (χ1n) is 10.4. The van der Waals surface area contributed by atoms with E-state index in [-0.39, 0.29) is 17.0 Å². The van der Waals surface area contributed by atoms with Crippen LogP contribution in [0.25, 0.3) is 0 Å².